The Kier molecular flexibility index (Phi) is 7.48. The number of ether oxygens (including phenoxy) is 2. The lowest BCUT2D eigenvalue weighted by Gasteiger charge is -2.03. The molecule has 0 spiro atoms. The number of carboxylic acids is 1. The fourth-order valence-electron chi connectivity index (χ4n) is 0.796. The normalized spacial score (nSPS) is 9.25. The van der Waals surface area contributed by atoms with E-state index in [9.17, 15) is 14.4 Å². The van der Waals surface area contributed by atoms with Gasteiger partial charge >= 0.3 is 17.9 Å². The monoisotopic (exact) mass is 230 g/mol. The van der Waals surface area contributed by atoms with Gasteiger partial charge in [-0.2, -0.15) is 0 Å². The average molecular weight is 230 g/mol. The second-order valence-electron chi connectivity index (χ2n) is 2.87. The van der Waals surface area contributed by atoms with Crippen LogP contribution >= 0.6 is 0 Å². The number of rotatable bonds is 8. The maximum Gasteiger partial charge on any atom is 0.330 e. The highest BCUT2D eigenvalue weighted by molar-refractivity contribution is 5.90. The van der Waals surface area contributed by atoms with Gasteiger partial charge in [-0.3, -0.25) is 9.59 Å². The summed E-state index contributed by atoms with van der Waals surface area (Å²) in [6.45, 7) is 3.57. The summed E-state index contributed by atoms with van der Waals surface area (Å²) in [4.78, 5) is 31.4. The zero-order valence-corrected chi connectivity index (χ0v) is 8.81. The van der Waals surface area contributed by atoms with Crippen molar-refractivity contribution >= 4 is 17.9 Å². The van der Waals surface area contributed by atoms with E-state index in [1.54, 1.807) is 0 Å². The quantitative estimate of drug-likeness (QED) is 0.283. The molecular weight excluding hydrogens is 216 g/mol. The van der Waals surface area contributed by atoms with E-state index >= 15 is 0 Å². The van der Waals surface area contributed by atoms with Crippen molar-refractivity contribution in [2.24, 2.45) is 0 Å². The van der Waals surface area contributed by atoms with Crippen LogP contribution in [0.1, 0.15) is 19.3 Å². The Hall–Kier alpha value is -1.85. The van der Waals surface area contributed by atoms with Crippen molar-refractivity contribution in [3.8, 4) is 0 Å². The van der Waals surface area contributed by atoms with Gasteiger partial charge in [-0.1, -0.05) is 6.58 Å². The van der Waals surface area contributed by atoms with E-state index in [-0.39, 0.29) is 13.2 Å². The molecule has 0 saturated heterocycles. The Morgan fingerprint density at radius 2 is 1.69 bits per heavy atom. The van der Waals surface area contributed by atoms with Crippen molar-refractivity contribution in [1.82, 2.24) is 0 Å². The Morgan fingerprint density at radius 3 is 2.19 bits per heavy atom. The summed E-state index contributed by atoms with van der Waals surface area (Å²) >= 11 is 0. The van der Waals surface area contributed by atoms with Crippen LogP contribution in [0.4, 0.5) is 0 Å². The van der Waals surface area contributed by atoms with Gasteiger partial charge in [0.25, 0.3) is 0 Å². The van der Waals surface area contributed by atoms with Gasteiger partial charge in [0.15, 0.2) is 0 Å². The fraction of sp³-hybridized carbons (Fsp3) is 0.500. The molecule has 0 fully saturated rings. The first-order valence-corrected chi connectivity index (χ1v) is 4.73. The van der Waals surface area contributed by atoms with E-state index < -0.39 is 24.3 Å². The molecule has 0 saturated carbocycles. The molecule has 16 heavy (non-hydrogen) atoms. The van der Waals surface area contributed by atoms with Crippen LogP contribution in [0.2, 0.25) is 0 Å². The molecular formula is C10H14O6. The lowest BCUT2D eigenvalue weighted by atomic mass is 10.3. The number of aliphatic carboxylic acids is 1. The third kappa shape index (κ3) is 8.74. The van der Waals surface area contributed by atoms with Crippen LogP contribution in [0.15, 0.2) is 12.7 Å². The van der Waals surface area contributed by atoms with Gasteiger partial charge in [0.05, 0.1) is 13.2 Å². The minimum absolute atomic E-state index is 0.123. The minimum atomic E-state index is -1.22. The maximum absolute atomic E-state index is 10.7. The van der Waals surface area contributed by atoms with E-state index in [0.29, 0.717) is 12.8 Å². The molecule has 0 bridgehead atoms. The maximum atomic E-state index is 10.7. The van der Waals surface area contributed by atoms with Gasteiger partial charge in [-0.15, -0.1) is 0 Å². The van der Waals surface area contributed by atoms with Crippen molar-refractivity contribution in [1.29, 1.82) is 0 Å². The summed E-state index contributed by atoms with van der Waals surface area (Å²) in [7, 11) is 0. The molecule has 0 amide bonds. The summed E-state index contributed by atoms with van der Waals surface area (Å²) < 4.78 is 9.28. The molecule has 0 radical (unpaired) electrons. The largest absolute Gasteiger partial charge is 0.481 e. The molecule has 0 rings (SSSR count). The Morgan fingerprint density at radius 1 is 1.12 bits per heavy atom. The third-order valence-corrected chi connectivity index (χ3v) is 1.51. The number of unbranched alkanes of at least 4 members (excludes halogenated alkanes) is 1. The smallest absolute Gasteiger partial charge is 0.330 e. The number of carbonyl (C=O) groups excluding carboxylic acids is 2. The summed E-state index contributed by atoms with van der Waals surface area (Å²) in [6, 6.07) is 0. The molecule has 90 valence electrons. The highest BCUT2D eigenvalue weighted by Crippen LogP contribution is 1.94. The van der Waals surface area contributed by atoms with E-state index in [1.165, 1.54) is 0 Å². The average Bonchev–Trinajstić information content (AvgIpc) is 2.21. The summed E-state index contributed by atoms with van der Waals surface area (Å²) in [5, 5.41) is 8.25. The van der Waals surface area contributed by atoms with Gasteiger partial charge in [-0.05, 0) is 12.8 Å². The first-order valence-electron chi connectivity index (χ1n) is 4.73. The van der Waals surface area contributed by atoms with Crippen LogP contribution in [-0.2, 0) is 23.9 Å². The molecule has 0 aliphatic carbocycles. The van der Waals surface area contributed by atoms with Crippen LogP contribution in [0.25, 0.3) is 0 Å². The lowest BCUT2D eigenvalue weighted by Crippen LogP contribution is -2.11. The van der Waals surface area contributed by atoms with Crippen LogP contribution in [0.5, 0.6) is 0 Å². The van der Waals surface area contributed by atoms with Crippen molar-refractivity contribution in [2.75, 3.05) is 13.2 Å². The van der Waals surface area contributed by atoms with E-state index in [1.807, 2.05) is 0 Å². The van der Waals surface area contributed by atoms with Crippen LogP contribution < -0.4 is 0 Å². The molecule has 0 unspecified atom stereocenters. The van der Waals surface area contributed by atoms with Gasteiger partial charge in [0, 0.05) is 6.08 Å². The summed E-state index contributed by atoms with van der Waals surface area (Å²) in [6.07, 6.45) is 1.48. The molecule has 0 atom stereocenters. The van der Waals surface area contributed by atoms with Crippen LogP contribution in [0, 0.1) is 0 Å². The van der Waals surface area contributed by atoms with Gasteiger partial charge < -0.3 is 14.6 Å². The molecule has 6 nitrogen and oxygen atoms in total. The number of carboxylic acid groups (broad SMARTS) is 1. The van der Waals surface area contributed by atoms with E-state index in [0.717, 1.165) is 6.08 Å². The van der Waals surface area contributed by atoms with Crippen LogP contribution in [0.3, 0.4) is 0 Å². The van der Waals surface area contributed by atoms with E-state index in [4.69, 9.17) is 5.11 Å². The summed E-state index contributed by atoms with van der Waals surface area (Å²) in [5.74, 6) is -2.48. The second kappa shape index (κ2) is 8.46. The number of hydrogen-bond donors (Lipinski definition) is 1. The van der Waals surface area contributed by atoms with Crippen molar-refractivity contribution in [3.63, 3.8) is 0 Å². The van der Waals surface area contributed by atoms with Crippen molar-refractivity contribution < 1.29 is 29.0 Å². The van der Waals surface area contributed by atoms with Crippen LogP contribution in [-0.4, -0.2) is 36.2 Å². The Bertz CT molecular complexity index is 270. The third-order valence-electron chi connectivity index (χ3n) is 1.51. The first-order chi connectivity index (χ1) is 7.56. The number of carbonyl (C=O) groups is 3. The first kappa shape index (κ1) is 14.2. The van der Waals surface area contributed by atoms with Crippen molar-refractivity contribution in [2.45, 2.75) is 19.3 Å². The molecule has 0 aliphatic heterocycles. The van der Waals surface area contributed by atoms with Crippen molar-refractivity contribution in [3.05, 3.63) is 12.7 Å². The molecule has 6 heteroatoms. The Balaban J connectivity index is 3.33. The topological polar surface area (TPSA) is 89.9 Å². The summed E-state index contributed by atoms with van der Waals surface area (Å²) in [5.41, 5.74) is 0. The SMILES string of the molecule is C=CC(=O)OCCCCOC(=O)CC(=O)O. The highest BCUT2D eigenvalue weighted by Gasteiger charge is 2.07. The lowest BCUT2D eigenvalue weighted by molar-refractivity contribution is -0.151. The zero-order chi connectivity index (χ0) is 12.4. The highest BCUT2D eigenvalue weighted by atomic mass is 16.5. The minimum Gasteiger partial charge on any atom is -0.481 e. The zero-order valence-electron chi connectivity index (χ0n) is 8.81. The Labute approximate surface area is 92.8 Å². The standard InChI is InChI=1S/C10H14O6/c1-2-9(13)15-5-3-4-6-16-10(14)7-8(11)12/h2H,1,3-7H2,(H,11,12). The molecule has 0 aromatic rings. The van der Waals surface area contributed by atoms with E-state index in [2.05, 4.69) is 16.1 Å². The second-order valence-corrected chi connectivity index (χ2v) is 2.87. The van der Waals surface area contributed by atoms with Gasteiger partial charge in [0.1, 0.15) is 6.42 Å². The predicted octanol–water partition coefficient (Wildman–Crippen LogP) is 0.514. The number of hydrogen-bond acceptors (Lipinski definition) is 5. The number of esters is 2. The molecule has 1 N–H and O–H groups in total. The van der Waals surface area contributed by atoms with Gasteiger partial charge in [-0.25, -0.2) is 4.79 Å². The molecule has 0 aromatic heterocycles. The van der Waals surface area contributed by atoms with Gasteiger partial charge in [0.2, 0.25) is 0 Å². The molecule has 0 aromatic carbocycles. The molecule has 0 heterocycles. The predicted molar refractivity (Wildman–Crippen MR) is 53.6 cm³/mol. The molecule has 0 aliphatic rings. The fourth-order valence-corrected chi connectivity index (χ4v) is 0.796.